The molecule has 0 aliphatic carbocycles. The summed E-state index contributed by atoms with van der Waals surface area (Å²) in [6.07, 6.45) is 0.416. The van der Waals surface area contributed by atoms with Crippen molar-refractivity contribution in [2.75, 3.05) is 6.61 Å². The van der Waals surface area contributed by atoms with Crippen LogP contribution in [0.2, 0.25) is 0 Å². The SMILES string of the molecule is CCOc1c(CC)c(O)c2c(F)cccc2c1OC(C)=O. The van der Waals surface area contributed by atoms with Gasteiger partial charge in [-0.05, 0) is 19.4 Å². The van der Waals surface area contributed by atoms with E-state index in [1.165, 1.54) is 19.1 Å². The van der Waals surface area contributed by atoms with Gasteiger partial charge in [0.15, 0.2) is 11.5 Å². The molecule has 0 saturated carbocycles. The molecule has 2 aromatic rings. The summed E-state index contributed by atoms with van der Waals surface area (Å²) >= 11 is 0. The number of esters is 1. The van der Waals surface area contributed by atoms with Crippen molar-refractivity contribution in [2.45, 2.75) is 27.2 Å². The van der Waals surface area contributed by atoms with Crippen LogP contribution < -0.4 is 9.47 Å². The summed E-state index contributed by atoms with van der Waals surface area (Å²) in [5, 5.41) is 10.7. The van der Waals surface area contributed by atoms with Gasteiger partial charge in [0.2, 0.25) is 0 Å². The first-order valence-corrected chi connectivity index (χ1v) is 6.78. The number of halogens is 1. The third-order valence-corrected chi connectivity index (χ3v) is 3.15. The van der Waals surface area contributed by atoms with Gasteiger partial charge in [-0.15, -0.1) is 0 Å². The van der Waals surface area contributed by atoms with Gasteiger partial charge in [0.25, 0.3) is 0 Å². The number of fused-ring (bicyclic) bond motifs is 1. The topological polar surface area (TPSA) is 55.8 Å². The monoisotopic (exact) mass is 292 g/mol. The smallest absolute Gasteiger partial charge is 0.308 e. The first-order chi connectivity index (χ1) is 10.0. The fourth-order valence-electron chi connectivity index (χ4n) is 2.34. The fraction of sp³-hybridized carbons (Fsp3) is 0.312. The summed E-state index contributed by atoms with van der Waals surface area (Å²) in [5.74, 6) is -0.852. The number of phenolic OH excluding ortho intramolecular Hbond substituents is 1. The number of hydrogen-bond acceptors (Lipinski definition) is 4. The Kier molecular flexibility index (Phi) is 4.31. The Balaban J connectivity index is 2.92. The molecule has 21 heavy (non-hydrogen) atoms. The van der Waals surface area contributed by atoms with Crippen LogP contribution in [-0.4, -0.2) is 17.7 Å². The minimum absolute atomic E-state index is 0.0362. The molecule has 112 valence electrons. The van der Waals surface area contributed by atoms with Crippen LogP contribution in [0, 0.1) is 5.82 Å². The molecular weight excluding hydrogens is 275 g/mol. The molecule has 0 aliphatic rings. The lowest BCUT2D eigenvalue weighted by molar-refractivity contribution is -0.131. The van der Waals surface area contributed by atoms with Crippen molar-refractivity contribution in [3.63, 3.8) is 0 Å². The van der Waals surface area contributed by atoms with Crippen LogP contribution in [0.4, 0.5) is 4.39 Å². The first-order valence-electron chi connectivity index (χ1n) is 6.78. The predicted octanol–water partition coefficient (Wildman–Crippen LogP) is 3.57. The third kappa shape index (κ3) is 2.63. The summed E-state index contributed by atoms with van der Waals surface area (Å²) in [6.45, 7) is 5.19. The minimum atomic E-state index is -0.573. The second-order valence-electron chi connectivity index (χ2n) is 4.53. The number of ether oxygens (including phenoxy) is 2. The van der Waals surface area contributed by atoms with E-state index >= 15 is 0 Å². The average molecular weight is 292 g/mol. The van der Waals surface area contributed by atoms with Crippen molar-refractivity contribution in [2.24, 2.45) is 0 Å². The van der Waals surface area contributed by atoms with Crippen molar-refractivity contribution < 1.29 is 23.8 Å². The zero-order valence-electron chi connectivity index (χ0n) is 12.2. The van der Waals surface area contributed by atoms with Gasteiger partial charge in [0.1, 0.15) is 11.6 Å². The number of benzene rings is 2. The number of aromatic hydroxyl groups is 1. The molecule has 0 fully saturated rings. The summed E-state index contributed by atoms with van der Waals surface area (Å²) in [5.41, 5.74) is 0.422. The van der Waals surface area contributed by atoms with E-state index in [9.17, 15) is 14.3 Å². The highest BCUT2D eigenvalue weighted by atomic mass is 19.1. The number of rotatable bonds is 4. The van der Waals surface area contributed by atoms with Crippen molar-refractivity contribution >= 4 is 16.7 Å². The summed E-state index contributed by atoms with van der Waals surface area (Å²) in [4.78, 5) is 11.3. The zero-order valence-corrected chi connectivity index (χ0v) is 12.2. The first kappa shape index (κ1) is 15.1. The molecule has 0 bridgehead atoms. The zero-order chi connectivity index (χ0) is 15.6. The number of carbonyl (C=O) groups excluding carboxylic acids is 1. The lowest BCUT2D eigenvalue weighted by Gasteiger charge is -2.18. The Morgan fingerprint density at radius 2 is 2.00 bits per heavy atom. The molecule has 0 heterocycles. The standard InChI is InChI=1S/C16H17FO4/c1-4-10-14(19)13-11(7-6-8-12(13)17)16(21-9(3)18)15(10)20-5-2/h6-8,19H,4-5H2,1-3H3. The number of phenols is 1. The Morgan fingerprint density at radius 1 is 1.29 bits per heavy atom. The molecular formula is C16H17FO4. The molecule has 0 unspecified atom stereocenters. The van der Waals surface area contributed by atoms with Crippen LogP contribution in [0.1, 0.15) is 26.3 Å². The van der Waals surface area contributed by atoms with Crippen molar-refractivity contribution in [1.82, 2.24) is 0 Å². The van der Waals surface area contributed by atoms with Gasteiger partial charge < -0.3 is 14.6 Å². The van der Waals surface area contributed by atoms with Gasteiger partial charge in [0.05, 0.1) is 12.0 Å². The second-order valence-corrected chi connectivity index (χ2v) is 4.53. The number of hydrogen-bond donors (Lipinski definition) is 1. The predicted molar refractivity (Wildman–Crippen MR) is 77.4 cm³/mol. The van der Waals surface area contributed by atoms with E-state index in [1.54, 1.807) is 13.0 Å². The molecule has 5 heteroatoms. The molecule has 0 spiro atoms. The van der Waals surface area contributed by atoms with E-state index in [-0.39, 0.29) is 22.6 Å². The highest BCUT2D eigenvalue weighted by molar-refractivity contribution is 5.98. The lowest BCUT2D eigenvalue weighted by atomic mass is 10.0. The molecule has 0 amide bonds. The van der Waals surface area contributed by atoms with Crippen LogP contribution in [0.5, 0.6) is 17.2 Å². The van der Waals surface area contributed by atoms with Crippen molar-refractivity contribution in [1.29, 1.82) is 0 Å². The van der Waals surface area contributed by atoms with Gasteiger partial charge in [-0.2, -0.15) is 0 Å². The van der Waals surface area contributed by atoms with E-state index in [1.807, 2.05) is 6.92 Å². The lowest BCUT2D eigenvalue weighted by Crippen LogP contribution is -2.07. The van der Waals surface area contributed by atoms with E-state index in [0.29, 0.717) is 24.0 Å². The largest absolute Gasteiger partial charge is 0.507 e. The van der Waals surface area contributed by atoms with E-state index in [4.69, 9.17) is 9.47 Å². The Bertz CT molecular complexity index is 694. The van der Waals surface area contributed by atoms with Crippen LogP contribution >= 0.6 is 0 Å². The maximum Gasteiger partial charge on any atom is 0.308 e. The third-order valence-electron chi connectivity index (χ3n) is 3.15. The normalized spacial score (nSPS) is 10.7. The maximum atomic E-state index is 14.1. The molecule has 0 aliphatic heterocycles. The quantitative estimate of drug-likeness (QED) is 0.691. The van der Waals surface area contributed by atoms with Gasteiger partial charge in [0, 0.05) is 17.9 Å². The molecule has 2 aromatic carbocycles. The Hall–Kier alpha value is -2.30. The van der Waals surface area contributed by atoms with Gasteiger partial charge in [-0.25, -0.2) is 4.39 Å². The molecule has 1 N–H and O–H groups in total. The summed E-state index contributed by atoms with van der Waals surface area (Å²) in [7, 11) is 0. The Morgan fingerprint density at radius 3 is 2.57 bits per heavy atom. The van der Waals surface area contributed by atoms with Gasteiger partial charge in [-0.1, -0.05) is 19.1 Å². The highest BCUT2D eigenvalue weighted by Crippen LogP contribution is 2.46. The van der Waals surface area contributed by atoms with Gasteiger partial charge in [-0.3, -0.25) is 4.79 Å². The van der Waals surface area contributed by atoms with E-state index in [0.717, 1.165) is 0 Å². The van der Waals surface area contributed by atoms with Crippen LogP contribution in [0.25, 0.3) is 10.8 Å². The summed E-state index contributed by atoms with van der Waals surface area (Å²) in [6, 6.07) is 4.32. The van der Waals surface area contributed by atoms with Crippen molar-refractivity contribution in [3.05, 3.63) is 29.6 Å². The van der Waals surface area contributed by atoms with E-state index in [2.05, 4.69) is 0 Å². The van der Waals surface area contributed by atoms with E-state index < -0.39 is 11.8 Å². The molecule has 0 radical (unpaired) electrons. The average Bonchev–Trinajstić information content (AvgIpc) is 2.43. The Labute approximate surface area is 122 Å². The van der Waals surface area contributed by atoms with Crippen LogP contribution in [0.15, 0.2) is 18.2 Å². The summed E-state index contributed by atoms with van der Waals surface area (Å²) < 4.78 is 24.8. The highest BCUT2D eigenvalue weighted by Gasteiger charge is 2.23. The minimum Gasteiger partial charge on any atom is -0.507 e. The van der Waals surface area contributed by atoms with Gasteiger partial charge >= 0.3 is 5.97 Å². The second kappa shape index (κ2) is 5.99. The van der Waals surface area contributed by atoms with Crippen molar-refractivity contribution in [3.8, 4) is 17.2 Å². The molecule has 0 aromatic heterocycles. The molecule has 0 saturated heterocycles. The fourth-order valence-corrected chi connectivity index (χ4v) is 2.34. The molecule has 0 atom stereocenters. The number of carbonyl (C=O) groups is 1. The van der Waals surface area contributed by atoms with Crippen LogP contribution in [-0.2, 0) is 11.2 Å². The molecule has 2 rings (SSSR count). The maximum absolute atomic E-state index is 14.1. The van der Waals surface area contributed by atoms with Crippen LogP contribution in [0.3, 0.4) is 0 Å². The molecule has 4 nitrogen and oxygen atoms in total.